The highest BCUT2D eigenvalue weighted by molar-refractivity contribution is 7.80. The number of hydrogen-bond donors (Lipinski definition) is 2. The van der Waals surface area contributed by atoms with Crippen LogP contribution in [0.2, 0.25) is 0 Å². The van der Waals surface area contributed by atoms with Gasteiger partial charge in [-0.1, -0.05) is 6.92 Å². The van der Waals surface area contributed by atoms with Crippen molar-refractivity contribution in [2.24, 2.45) is 0 Å². The minimum absolute atomic E-state index is 0.00427. The molecule has 0 heterocycles. The van der Waals surface area contributed by atoms with Crippen LogP contribution in [0, 0.1) is 10.1 Å². The van der Waals surface area contributed by atoms with Crippen LogP contribution in [0.15, 0.2) is 24.3 Å². The maximum atomic E-state index is 11.3. The van der Waals surface area contributed by atoms with E-state index in [0.29, 0.717) is 12.0 Å². The molecule has 0 spiro atoms. The van der Waals surface area contributed by atoms with Gasteiger partial charge in [0.15, 0.2) is 0 Å². The van der Waals surface area contributed by atoms with Crippen molar-refractivity contribution in [2.75, 3.05) is 0 Å². The number of ether oxygens (including phenoxy) is 1. The Balaban J connectivity index is 2.44. The zero-order chi connectivity index (χ0) is 13.5. The number of nitrogens with zero attached hydrogens (tertiary/aromatic N) is 1. The second-order valence-corrected chi connectivity index (χ2v) is 4.19. The largest absolute Gasteiger partial charge is 0.445 e. The molecule has 18 heavy (non-hydrogen) atoms. The van der Waals surface area contributed by atoms with E-state index in [1.807, 2.05) is 6.92 Å². The molecule has 0 aliphatic rings. The number of thiol groups is 1. The van der Waals surface area contributed by atoms with Gasteiger partial charge in [-0.15, -0.1) is 0 Å². The first-order valence-electron chi connectivity index (χ1n) is 5.37. The lowest BCUT2D eigenvalue weighted by molar-refractivity contribution is -0.384. The molecule has 0 saturated heterocycles. The second-order valence-electron chi connectivity index (χ2n) is 3.57. The van der Waals surface area contributed by atoms with Crippen LogP contribution in [0.3, 0.4) is 0 Å². The molecule has 0 aliphatic carbocycles. The number of nitro groups is 1. The fraction of sp³-hybridized carbons (Fsp3) is 0.364. The van der Waals surface area contributed by atoms with Gasteiger partial charge in [-0.25, -0.2) is 4.79 Å². The van der Waals surface area contributed by atoms with Crippen LogP contribution in [-0.4, -0.2) is 16.4 Å². The van der Waals surface area contributed by atoms with Crippen molar-refractivity contribution in [2.45, 2.75) is 25.3 Å². The molecule has 0 aromatic heterocycles. The Morgan fingerprint density at radius 3 is 2.61 bits per heavy atom. The lowest BCUT2D eigenvalue weighted by atomic mass is 10.2. The summed E-state index contributed by atoms with van der Waals surface area (Å²) < 4.78 is 4.93. The zero-order valence-corrected chi connectivity index (χ0v) is 10.7. The molecule has 1 unspecified atom stereocenters. The van der Waals surface area contributed by atoms with Crippen LogP contribution in [-0.2, 0) is 11.3 Å². The number of amides is 1. The fourth-order valence-corrected chi connectivity index (χ4v) is 1.25. The summed E-state index contributed by atoms with van der Waals surface area (Å²) in [6.07, 6.45) is 0.130. The van der Waals surface area contributed by atoms with Gasteiger partial charge in [-0.2, -0.15) is 12.6 Å². The van der Waals surface area contributed by atoms with E-state index in [4.69, 9.17) is 4.74 Å². The molecule has 0 saturated carbocycles. The highest BCUT2D eigenvalue weighted by Gasteiger charge is 2.08. The minimum Gasteiger partial charge on any atom is -0.445 e. The molecule has 1 aromatic carbocycles. The van der Waals surface area contributed by atoms with E-state index < -0.39 is 11.0 Å². The first kappa shape index (κ1) is 14.3. The molecule has 1 N–H and O–H groups in total. The van der Waals surface area contributed by atoms with Crippen molar-refractivity contribution in [3.63, 3.8) is 0 Å². The number of alkyl carbamates (subject to hydrolysis) is 1. The van der Waals surface area contributed by atoms with Gasteiger partial charge in [0.2, 0.25) is 0 Å². The van der Waals surface area contributed by atoms with Crippen molar-refractivity contribution in [1.29, 1.82) is 0 Å². The number of carbonyl (C=O) groups excluding carboxylic acids is 1. The molecule has 0 aliphatic heterocycles. The monoisotopic (exact) mass is 270 g/mol. The Bertz CT molecular complexity index is 422. The molecular weight excluding hydrogens is 256 g/mol. The first-order chi connectivity index (χ1) is 8.52. The molecule has 1 rings (SSSR count). The Morgan fingerprint density at radius 2 is 2.11 bits per heavy atom. The molecule has 0 bridgehead atoms. The van der Waals surface area contributed by atoms with E-state index in [9.17, 15) is 14.9 Å². The van der Waals surface area contributed by atoms with Crippen LogP contribution in [0.4, 0.5) is 10.5 Å². The van der Waals surface area contributed by atoms with E-state index in [-0.39, 0.29) is 17.7 Å². The van der Waals surface area contributed by atoms with E-state index in [0.717, 1.165) is 0 Å². The first-order valence-corrected chi connectivity index (χ1v) is 5.89. The second kappa shape index (κ2) is 6.85. The third-order valence-electron chi connectivity index (χ3n) is 2.19. The standard InChI is InChI=1S/C11H14N2O4S/c1-2-10(18)12-11(14)17-7-8-3-5-9(6-4-8)13(15)16/h3-6,10,18H,2,7H2,1H3,(H,12,14). The van der Waals surface area contributed by atoms with Crippen molar-refractivity contribution >= 4 is 24.4 Å². The summed E-state index contributed by atoms with van der Waals surface area (Å²) in [4.78, 5) is 21.2. The predicted molar refractivity (Wildman–Crippen MR) is 69.5 cm³/mol. The minimum atomic E-state index is -0.560. The lowest BCUT2D eigenvalue weighted by Gasteiger charge is -2.10. The van der Waals surface area contributed by atoms with E-state index in [1.165, 1.54) is 12.1 Å². The van der Waals surface area contributed by atoms with Crippen LogP contribution >= 0.6 is 12.6 Å². The zero-order valence-electron chi connectivity index (χ0n) is 9.83. The summed E-state index contributed by atoms with van der Waals surface area (Å²) in [6.45, 7) is 1.95. The van der Waals surface area contributed by atoms with Gasteiger partial charge < -0.3 is 10.1 Å². The van der Waals surface area contributed by atoms with Crippen molar-refractivity contribution in [1.82, 2.24) is 5.32 Å². The maximum Gasteiger partial charge on any atom is 0.408 e. The Kier molecular flexibility index (Phi) is 5.44. The number of nitrogens with one attached hydrogen (secondary N) is 1. The molecule has 1 atom stereocenters. The fourth-order valence-electron chi connectivity index (χ4n) is 1.14. The average Bonchev–Trinajstić information content (AvgIpc) is 2.36. The molecule has 1 amide bonds. The predicted octanol–water partition coefficient (Wildman–Crippen LogP) is 2.49. The third-order valence-corrected chi connectivity index (χ3v) is 2.68. The number of non-ortho nitro benzene ring substituents is 1. The smallest absolute Gasteiger partial charge is 0.408 e. The number of nitro benzene ring substituents is 1. The summed E-state index contributed by atoms with van der Waals surface area (Å²) >= 11 is 4.10. The third kappa shape index (κ3) is 4.62. The molecule has 1 aromatic rings. The quantitative estimate of drug-likeness (QED) is 0.373. The summed E-state index contributed by atoms with van der Waals surface area (Å²) in [7, 11) is 0. The SMILES string of the molecule is CCC(S)NC(=O)OCc1ccc([N+](=O)[O-])cc1. The van der Waals surface area contributed by atoms with Crippen LogP contribution in [0.5, 0.6) is 0 Å². The topological polar surface area (TPSA) is 81.5 Å². The number of hydrogen-bond acceptors (Lipinski definition) is 5. The van der Waals surface area contributed by atoms with Crippen molar-refractivity contribution in [3.8, 4) is 0 Å². The maximum absolute atomic E-state index is 11.3. The molecular formula is C11H14N2O4S. The Hall–Kier alpha value is -1.76. The van der Waals surface area contributed by atoms with Gasteiger partial charge in [-0.3, -0.25) is 10.1 Å². The number of rotatable bonds is 5. The van der Waals surface area contributed by atoms with Crippen LogP contribution in [0.1, 0.15) is 18.9 Å². The Labute approximate surface area is 110 Å². The van der Waals surface area contributed by atoms with E-state index in [2.05, 4.69) is 17.9 Å². The lowest BCUT2D eigenvalue weighted by Crippen LogP contribution is -2.30. The number of carbonyl (C=O) groups is 1. The van der Waals surface area contributed by atoms with Gasteiger partial charge in [0, 0.05) is 12.1 Å². The van der Waals surface area contributed by atoms with Gasteiger partial charge in [0.25, 0.3) is 5.69 Å². The highest BCUT2D eigenvalue weighted by atomic mass is 32.1. The van der Waals surface area contributed by atoms with Gasteiger partial charge in [0.1, 0.15) is 6.61 Å². The van der Waals surface area contributed by atoms with Gasteiger partial charge in [0.05, 0.1) is 10.3 Å². The molecule has 7 heteroatoms. The Morgan fingerprint density at radius 1 is 1.50 bits per heavy atom. The molecule has 98 valence electrons. The van der Waals surface area contributed by atoms with E-state index in [1.54, 1.807) is 12.1 Å². The molecule has 0 radical (unpaired) electrons. The van der Waals surface area contributed by atoms with Crippen molar-refractivity contribution in [3.05, 3.63) is 39.9 Å². The summed E-state index contributed by atoms with van der Waals surface area (Å²) in [6, 6.07) is 5.82. The summed E-state index contributed by atoms with van der Waals surface area (Å²) in [5.41, 5.74) is 0.688. The summed E-state index contributed by atoms with van der Waals surface area (Å²) in [5, 5.41) is 12.7. The summed E-state index contributed by atoms with van der Waals surface area (Å²) in [5.74, 6) is 0. The molecule has 0 fully saturated rings. The van der Waals surface area contributed by atoms with Gasteiger partial charge >= 0.3 is 6.09 Å². The molecule has 6 nitrogen and oxygen atoms in total. The highest BCUT2D eigenvalue weighted by Crippen LogP contribution is 2.12. The average molecular weight is 270 g/mol. The van der Waals surface area contributed by atoms with Crippen molar-refractivity contribution < 1.29 is 14.5 Å². The van der Waals surface area contributed by atoms with Crippen LogP contribution in [0.25, 0.3) is 0 Å². The van der Waals surface area contributed by atoms with Gasteiger partial charge in [-0.05, 0) is 24.1 Å². The van der Waals surface area contributed by atoms with E-state index >= 15 is 0 Å². The normalized spacial score (nSPS) is 11.7. The van der Waals surface area contributed by atoms with Crippen LogP contribution < -0.4 is 5.32 Å². The number of benzene rings is 1.